The number of ketones is 1. The first-order valence-electron chi connectivity index (χ1n) is 6.60. The van der Waals surface area contributed by atoms with Crippen LogP contribution >= 0.6 is 0 Å². The summed E-state index contributed by atoms with van der Waals surface area (Å²) in [4.78, 5) is 12.6. The lowest BCUT2D eigenvalue weighted by atomic mass is 9.84. The molecule has 0 heterocycles. The fourth-order valence-corrected chi connectivity index (χ4v) is 2.02. The van der Waals surface area contributed by atoms with E-state index in [1.54, 1.807) is 13.2 Å². The third kappa shape index (κ3) is 4.06. The van der Waals surface area contributed by atoms with Crippen molar-refractivity contribution < 1.29 is 14.3 Å². The zero-order valence-corrected chi connectivity index (χ0v) is 12.7. The minimum absolute atomic E-state index is 0.0320. The predicted molar refractivity (Wildman–Crippen MR) is 76.8 cm³/mol. The van der Waals surface area contributed by atoms with Crippen LogP contribution in [-0.4, -0.2) is 25.1 Å². The van der Waals surface area contributed by atoms with Gasteiger partial charge in [-0.25, -0.2) is 0 Å². The minimum Gasteiger partial charge on any atom is -0.490 e. The van der Waals surface area contributed by atoms with Crippen LogP contribution in [0.2, 0.25) is 0 Å². The number of benzene rings is 1. The summed E-state index contributed by atoms with van der Waals surface area (Å²) in [6, 6.07) is 7.32. The molecule has 0 aliphatic heterocycles. The first kappa shape index (κ1) is 15.7. The number of methoxy groups -OCH3 is 1. The Kier molecular flexibility index (Phi) is 5.12. The summed E-state index contributed by atoms with van der Waals surface area (Å²) in [6.07, 6.45) is -0.450. The number of hydrogen-bond acceptors (Lipinski definition) is 3. The number of carbonyl (C=O) groups excluding carboxylic acids is 1. The van der Waals surface area contributed by atoms with Gasteiger partial charge in [-0.3, -0.25) is 4.79 Å². The monoisotopic (exact) mass is 264 g/mol. The summed E-state index contributed by atoms with van der Waals surface area (Å²) < 4.78 is 11.1. The topological polar surface area (TPSA) is 35.5 Å². The smallest absolute Gasteiger partial charge is 0.195 e. The lowest BCUT2D eigenvalue weighted by molar-refractivity contribution is 0.0192. The van der Waals surface area contributed by atoms with Crippen LogP contribution in [0.5, 0.6) is 5.75 Å². The Balaban J connectivity index is 3.11. The molecule has 0 spiro atoms. The van der Waals surface area contributed by atoms with Gasteiger partial charge in [0.15, 0.2) is 5.78 Å². The number of ether oxygens (including phenoxy) is 2. The summed E-state index contributed by atoms with van der Waals surface area (Å²) >= 11 is 0. The van der Waals surface area contributed by atoms with E-state index in [1.807, 2.05) is 52.8 Å². The van der Waals surface area contributed by atoms with E-state index in [4.69, 9.17) is 9.47 Å². The molecule has 0 N–H and O–H groups in total. The van der Waals surface area contributed by atoms with Gasteiger partial charge in [-0.2, -0.15) is 0 Å². The van der Waals surface area contributed by atoms with E-state index in [2.05, 4.69) is 0 Å². The summed E-state index contributed by atoms with van der Waals surface area (Å²) in [6.45, 7) is 9.86. The molecule has 106 valence electrons. The van der Waals surface area contributed by atoms with Crippen LogP contribution in [0.1, 0.15) is 45.0 Å². The van der Waals surface area contributed by atoms with Crippen LogP contribution < -0.4 is 4.74 Å². The van der Waals surface area contributed by atoms with Crippen LogP contribution in [0.4, 0.5) is 0 Å². The highest BCUT2D eigenvalue weighted by atomic mass is 16.5. The van der Waals surface area contributed by atoms with Crippen molar-refractivity contribution >= 4 is 5.78 Å². The predicted octanol–water partition coefficient (Wildman–Crippen LogP) is 3.72. The second-order valence-electron chi connectivity index (χ2n) is 6.01. The van der Waals surface area contributed by atoms with E-state index in [9.17, 15) is 4.79 Å². The van der Waals surface area contributed by atoms with Crippen LogP contribution in [0.15, 0.2) is 24.3 Å². The third-order valence-corrected chi connectivity index (χ3v) is 2.78. The van der Waals surface area contributed by atoms with E-state index >= 15 is 0 Å². The maximum Gasteiger partial charge on any atom is 0.195 e. The van der Waals surface area contributed by atoms with Crippen molar-refractivity contribution in [1.29, 1.82) is 0 Å². The summed E-state index contributed by atoms with van der Waals surface area (Å²) in [5.74, 6) is 0.583. The number of hydrogen-bond donors (Lipinski definition) is 0. The van der Waals surface area contributed by atoms with Crippen molar-refractivity contribution in [3.05, 3.63) is 29.8 Å². The molecule has 3 heteroatoms. The van der Waals surface area contributed by atoms with Gasteiger partial charge in [0.1, 0.15) is 11.9 Å². The molecule has 0 fully saturated rings. The highest BCUT2D eigenvalue weighted by Crippen LogP contribution is 2.29. The molecule has 0 radical (unpaired) electrons. The Bertz CT molecular complexity index is 430. The van der Waals surface area contributed by atoms with Crippen molar-refractivity contribution in [2.24, 2.45) is 5.41 Å². The number of para-hydroxylation sites is 1. The second-order valence-corrected chi connectivity index (χ2v) is 6.01. The van der Waals surface area contributed by atoms with Gasteiger partial charge < -0.3 is 9.47 Å². The van der Waals surface area contributed by atoms with Gasteiger partial charge in [0.25, 0.3) is 0 Å². The SMILES string of the molecule is COC(C(=O)c1ccccc1OC(C)C)C(C)(C)C. The Labute approximate surface area is 115 Å². The van der Waals surface area contributed by atoms with Crippen molar-refractivity contribution in [3.63, 3.8) is 0 Å². The molecule has 1 atom stereocenters. The lowest BCUT2D eigenvalue weighted by Gasteiger charge is -2.28. The quantitative estimate of drug-likeness (QED) is 0.760. The first-order valence-corrected chi connectivity index (χ1v) is 6.60. The summed E-state index contributed by atoms with van der Waals surface area (Å²) in [7, 11) is 1.57. The fraction of sp³-hybridized carbons (Fsp3) is 0.562. The van der Waals surface area contributed by atoms with Gasteiger partial charge in [0.2, 0.25) is 0 Å². The fourth-order valence-electron chi connectivity index (χ4n) is 2.02. The van der Waals surface area contributed by atoms with E-state index in [1.165, 1.54) is 0 Å². The molecular weight excluding hydrogens is 240 g/mol. The van der Waals surface area contributed by atoms with Gasteiger partial charge in [-0.05, 0) is 31.4 Å². The number of rotatable bonds is 5. The molecule has 3 nitrogen and oxygen atoms in total. The molecule has 1 rings (SSSR count). The summed E-state index contributed by atoms with van der Waals surface area (Å²) in [5, 5.41) is 0. The Morgan fingerprint density at radius 2 is 1.74 bits per heavy atom. The van der Waals surface area contributed by atoms with Gasteiger partial charge in [0.05, 0.1) is 11.7 Å². The Morgan fingerprint density at radius 3 is 2.21 bits per heavy atom. The molecule has 0 amide bonds. The minimum atomic E-state index is -0.482. The largest absolute Gasteiger partial charge is 0.490 e. The average Bonchev–Trinajstić information content (AvgIpc) is 2.27. The molecule has 19 heavy (non-hydrogen) atoms. The average molecular weight is 264 g/mol. The molecule has 1 unspecified atom stereocenters. The first-order chi connectivity index (χ1) is 8.77. The zero-order valence-electron chi connectivity index (χ0n) is 12.7. The summed E-state index contributed by atoms with van der Waals surface area (Å²) in [5.41, 5.74) is 0.328. The highest BCUT2D eigenvalue weighted by Gasteiger charge is 2.33. The van der Waals surface area contributed by atoms with Crippen LogP contribution in [0.25, 0.3) is 0 Å². The maximum atomic E-state index is 12.6. The molecule has 0 aliphatic carbocycles. The van der Waals surface area contributed by atoms with Crippen LogP contribution in [0, 0.1) is 5.41 Å². The van der Waals surface area contributed by atoms with Crippen molar-refractivity contribution in [2.75, 3.05) is 7.11 Å². The van der Waals surface area contributed by atoms with Gasteiger partial charge in [0, 0.05) is 7.11 Å². The van der Waals surface area contributed by atoms with Crippen molar-refractivity contribution in [1.82, 2.24) is 0 Å². The Hall–Kier alpha value is -1.35. The van der Waals surface area contributed by atoms with Crippen LogP contribution in [0.3, 0.4) is 0 Å². The maximum absolute atomic E-state index is 12.6. The highest BCUT2D eigenvalue weighted by molar-refractivity contribution is 6.02. The van der Waals surface area contributed by atoms with E-state index in [0.717, 1.165) is 0 Å². The van der Waals surface area contributed by atoms with Crippen LogP contribution in [-0.2, 0) is 4.74 Å². The van der Waals surface area contributed by atoms with E-state index < -0.39 is 6.10 Å². The second kappa shape index (κ2) is 6.20. The molecule has 1 aromatic carbocycles. The van der Waals surface area contributed by atoms with E-state index in [-0.39, 0.29) is 17.3 Å². The van der Waals surface area contributed by atoms with Gasteiger partial charge in [-0.1, -0.05) is 32.9 Å². The standard InChI is InChI=1S/C16H24O3/c1-11(2)19-13-10-8-7-9-12(13)14(17)15(18-6)16(3,4)5/h7-11,15H,1-6H3. The third-order valence-electron chi connectivity index (χ3n) is 2.78. The molecule has 1 aromatic rings. The lowest BCUT2D eigenvalue weighted by Crippen LogP contribution is -2.36. The molecule has 0 saturated heterocycles. The molecule has 0 bridgehead atoms. The van der Waals surface area contributed by atoms with Crippen molar-refractivity contribution in [2.45, 2.75) is 46.8 Å². The van der Waals surface area contributed by atoms with Crippen molar-refractivity contribution in [3.8, 4) is 5.75 Å². The van der Waals surface area contributed by atoms with E-state index in [0.29, 0.717) is 11.3 Å². The normalized spacial score (nSPS) is 13.4. The molecule has 0 aliphatic rings. The molecule has 0 aromatic heterocycles. The zero-order chi connectivity index (χ0) is 14.6. The number of Topliss-reactive ketones (excluding diaryl/α,β-unsaturated/α-hetero) is 1. The van der Waals surface area contributed by atoms with Gasteiger partial charge >= 0.3 is 0 Å². The number of carbonyl (C=O) groups is 1. The Morgan fingerprint density at radius 1 is 1.16 bits per heavy atom. The molecule has 0 saturated carbocycles. The van der Waals surface area contributed by atoms with Gasteiger partial charge in [-0.15, -0.1) is 0 Å². The molecular formula is C16H24O3.